The number of hydrogen-bond donors (Lipinski definition) is 0. The Balaban J connectivity index is 4.41. The van der Waals surface area contributed by atoms with Crippen molar-refractivity contribution in [1.82, 2.24) is 0 Å². The lowest BCUT2D eigenvalue weighted by Gasteiger charge is -2.20. The van der Waals surface area contributed by atoms with E-state index in [1.807, 2.05) is 26.8 Å². The predicted octanol–water partition coefficient (Wildman–Crippen LogP) is 3.18. The Morgan fingerprint density at radius 1 is 1.29 bits per heavy atom. The lowest BCUT2D eigenvalue weighted by molar-refractivity contribution is -0.149. The van der Waals surface area contributed by atoms with Crippen LogP contribution in [0.4, 0.5) is 0 Å². The fourth-order valence-electron chi connectivity index (χ4n) is 1.70. The summed E-state index contributed by atoms with van der Waals surface area (Å²) < 4.78 is 5.05. The summed E-state index contributed by atoms with van der Waals surface area (Å²) >= 11 is 0. The molecule has 0 saturated heterocycles. The van der Waals surface area contributed by atoms with Crippen LogP contribution in [0.5, 0.6) is 0 Å². The van der Waals surface area contributed by atoms with Gasteiger partial charge in [-0.2, -0.15) is 0 Å². The molecule has 0 aliphatic rings. The summed E-state index contributed by atoms with van der Waals surface area (Å²) in [7, 11) is 0. The minimum Gasteiger partial charge on any atom is -0.466 e. The van der Waals surface area contributed by atoms with Crippen molar-refractivity contribution in [3.05, 3.63) is 12.2 Å². The zero-order valence-electron chi connectivity index (χ0n) is 9.75. The number of rotatable bonds is 6. The molecular formula is C12H22O2. The molecule has 0 N–H and O–H groups in total. The highest BCUT2D eigenvalue weighted by Crippen LogP contribution is 2.22. The molecule has 14 heavy (non-hydrogen) atoms. The largest absolute Gasteiger partial charge is 0.466 e. The lowest BCUT2D eigenvalue weighted by Crippen LogP contribution is -2.24. The van der Waals surface area contributed by atoms with Crippen LogP contribution in [0.15, 0.2) is 12.2 Å². The Bertz CT molecular complexity index is 185. The second-order valence-electron chi connectivity index (χ2n) is 3.36. The molecule has 0 heterocycles. The van der Waals surface area contributed by atoms with Crippen LogP contribution < -0.4 is 0 Å². The summed E-state index contributed by atoms with van der Waals surface area (Å²) in [6, 6.07) is 0. The van der Waals surface area contributed by atoms with Gasteiger partial charge in [-0.15, -0.1) is 0 Å². The first-order valence-corrected chi connectivity index (χ1v) is 5.50. The first-order chi connectivity index (χ1) is 6.71. The molecular weight excluding hydrogens is 176 g/mol. The standard InChI is InChI=1S/C12H22O2/c1-5-9-10(6-2)11(7-3)12(13)14-8-4/h5,9-11H,6-8H2,1-4H3/b9-5+/t10-,11-/m0/s1. The van der Waals surface area contributed by atoms with Crippen molar-refractivity contribution in [2.45, 2.75) is 40.5 Å². The molecule has 0 fully saturated rings. The molecule has 2 heteroatoms. The number of ether oxygens (including phenoxy) is 1. The Hall–Kier alpha value is -0.790. The molecule has 2 nitrogen and oxygen atoms in total. The van der Waals surface area contributed by atoms with E-state index in [1.54, 1.807) is 0 Å². The van der Waals surface area contributed by atoms with Gasteiger partial charge in [0.15, 0.2) is 0 Å². The second-order valence-corrected chi connectivity index (χ2v) is 3.36. The van der Waals surface area contributed by atoms with Gasteiger partial charge in [0, 0.05) is 0 Å². The number of carbonyl (C=O) groups excluding carboxylic acids is 1. The van der Waals surface area contributed by atoms with E-state index in [0.29, 0.717) is 12.5 Å². The minimum absolute atomic E-state index is 0.0242. The van der Waals surface area contributed by atoms with Crippen molar-refractivity contribution >= 4 is 5.97 Å². The second kappa shape index (κ2) is 7.60. The van der Waals surface area contributed by atoms with E-state index >= 15 is 0 Å². The molecule has 0 aromatic rings. The summed E-state index contributed by atoms with van der Waals surface area (Å²) in [5, 5.41) is 0. The molecule has 0 radical (unpaired) electrons. The van der Waals surface area contributed by atoms with E-state index in [1.165, 1.54) is 0 Å². The van der Waals surface area contributed by atoms with Crippen molar-refractivity contribution in [2.75, 3.05) is 6.61 Å². The fraction of sp³-hybridized carbons (Fsp3) is 0.750. The van der Waals surface area contributed by atoms with Gasteiger partial charge in [-0.1, -0.05) is 26.0 Å². The normalized spacial score (nSPS) is 15.4. The third-order valence-electron chi connectivity index (χ3n) is 2.46. The summed E-state index contributed by atoms with van der Waals surface area (Å²) in [4.78, 5) is 11.6. The summed E-state index contributed by atoms with van der Waals surface area (Å²) in [5.41, 5.74) is 0. The van der Waals surface area contributed by atoms with E-state index in [-0.39, 0.29) is 11.9 Å². The monoisotopic (exact) mass is 198 g/mol. The quantitative estimate of drug-likeness (QED) is 0.484. The third kappa shape index (κ3) is 3.95. The molecule has 0 unspecified atom stereocenters. The van der Waals surface area contributed by atoms with Crippen LogP contribution in [0.25, 0.3) is 0 Å². The van der Waals surface area contributed by atoms with Gasteiger partial charge in [-0.05, 0) is 32.6 Å². The molecule has 0 saturated carbocycles. The van der Waals surface area contributed by atoms with Gasteiger partial charge in [0.1, 0.15) is 0 Å². The Labute approximate surface area is 87.3 Å². The number of hydrogen-bond acceptors (Lipinski definition) is 2. The summed E-state index contributed by atoms with van der Waals surface area (Å²) in [6.45, 7) is 8.45. The Morgan fingerprint density at radius 2 is 1.93 bits per heavy atom. The third-order valence-corrected chi connectivity index (χ3v) is 2.46. The van der Waals surface area contributed by atoms with Crippen molar-refractivity contribution in [3.8, 4) is 0 Å². The zero-order valence-corrected chi connectivity index (χ0v) is 9.75. The van der Waals surface area contributed by atoms with Gasteiger partial charge < -0.3 is 4.74 Å². The average molecular weight is 198 g/mol. The SMILES string of the molecule is C/C=C/[C@H](CC)[C@H](CC)C(=O)OCC. The van der Waals surface area contributed by atoms with Crippen molar-refractivity contribution in [2.24, 2.45) is 11.8 Å². The topological polar surface area (TPSA) is 26.3 Å². The van der Waals surface area contributed by atoms with E-state index in [0.717, 1.165) is 12.8 Å². The van der Waals surface area contributed by atoms with Gasteiger partial charge in [0.2, 0.25) is 0 Å². The highest BCUT2D eigenvalue weighted by atomic mass is 16.5. The van der Waals surface area contributed by atoms with Crippen molar-refractivity contribution in [3.63, 3.8) is 0 Å². The van der Waals surface area contributed by atoms with Crippen molar-refractivity contribution < 1.29 is 9.53 Å². The highest BCUT2D eigenvalue weighted by molar-refractivity contribution is 5.73. The number of esters is 1. The number of allylic oxidation sites excluding steroid dienone is 2. The van der Waals surface area contributed by atoms with Crippen LogP contribution in [0.1, 0.15) is 40.5 Å². The molecule has 0 aromatic carbocycles. The van der Waals surface area contributed by atoms with E-state index in [9.17, 15) is 4.79 Å². The molecule has 0 bridgehead atoms. The van der Waals surface area contributed by atoms with Crippen LogP contribution in [-0.2, 0) is 9.53 Å². The first-order valence-electron chi connectivity index (χ1n) is 5.50. The molecule has 0 aliphatic heterocycles. The lowest BCUT2D eigenvalue weighted by atomic mass is 9.87. The molecule has 82 valence electrons. The average Bonchev–Trinajstić information content (AvgIpc) is 2.18. The fourth-order valence-corrected chi connectivity index (χ4v) is 1.70. The molecule has 0 amide bonds. The van der Waals surface area contributed by atoms with Gasteiger partial charge in [0.05, 0.1) is 12.5 Å². The van der Waals surface area contributed by atoms with Gasteiger partial charge in [-0.25, -0.2) is 0 Å². The number of carbonyl (C=O) groups is 1. The van der Waals surface area contributed by atoms with Crippen LogP contribution in [-0.4, -0.2) is 12.6 Å². The van der Waals surface area contributed by atoms with Crippen LogP contribution in [0.2, 0.25) is 0 Å². The maximum absolute atomic E-state index is 11.6. The predicted molar refractivity (Wildman–Crippen MR) is 59.0 cm³/mol. The Morgan fingerprint density at radius 3 is 2.29 bits per heavy atom. The van der Waals surface area contributed by atoms with E-state index in [2.05, 4.69) is 13.0 Å². The summed E-state index contributed by atoms with van der Waals surface area (Å²) in [5.74, 6) is 0.292. The summed E-state index contributed by atoms with van der Waals surface area (Å²) in [6.07, 6.45) is 5.95. The Kier molecular flexibility index (Phi) is 7.17. The molecule has 2 atom stereocenters. The maximum Gasteiger partial charge on any atom is 0.309 e. The van der Waals surface area contributed by atoms with Crippen LogP contribution in [0.3, 0.4) is 0 Å². The van der Waals surface area contributed by atoms with Crippen LogP contribution >= 0.6 is 0 Å². The van der Waals surface area contributed by atoms with Gasteiger partial charge >= 0.3 is 5.97 Å². The molecule has 0 aromatic heterocycles. The molecule has 0 aliphatic carbocycles. The first kappa shape index (κ1) is 13.2. The minimum atomic E-state index is -0.0556. The van der Waals surface area contributed by atoms with E-state index < -0.39 is 0 Å². The zero-order chi connectivity index (χ0) is 11.0. The maximum atomic E-state index is 11.6. The van der Waals surface area contributed by atoms with Crippen molar-refractivity contribution in [1.29, 1.82) is 0 Å². The molecule has 0 spiro atoms. The van der Waals surface area contributed by atoms with E-state index in [4.69, 9.17) is 4.74 Å². The smallest absolute Gasteiger partial charge is 0.309 e. The van der Waals surface area contributed by atoms with Crippen LogP contribution in [0, 0.1) is 11.8 Å². The van der Waals surface area contributed by atoms with Gasteiger partial charge in [-0.3, -0.25) is 4.79 Å². The highest BCUT2D eigenvalue weighted by Gasteiger charge is 2.24. The molecule has 0 rings (SSSR count). The van der Waals surface area contributed by atoms with Gasteiger partial charge in [0.25, 0.3) is 0 Å².